The number of ether oxygens (including phenoxy) is 1. The van der Waals surface area contributed by atoms with Gasteiger partial charge in [0, 0.05) is 24.3 Å². The molecular weight excluding hydrogens is 328 g/mol. The standard InChI is InChI=1S/C20H26N4O2/c1-4-16-7-5-6-12-24(16)20(25)18-13-19(22-14(2)21-18)23-15-8-10-17(26-3)11-9-15/h8-11,13,16H,4-7,12H2,1-3H3,(H,21,22,23). The molecule has 0 bridgehead atoms. The molecule has 0 saturated carbocycles. The monoisotopic (exact) mass is 354 g/mol. The van der Waals surface area contributed by atoms with Crippen molar-refractivity contribution < 1.29 is 9.53 Å². The molecule has 0 aliphatic carbocycles. The number of nitrogens with one attached hydrogen (secondary N) is 1. The van der Waals surface area contributed by atoms with Crippen LogP contribution in [0.2, 0.25) is 0 Å². The van der Waals surface area contributed by atoms with Gasteiger partial charge in [-0.3, -0.25) is 4.79 Å². The number of nitrogens with zero attached hydrogens (tertiary/aromatic N) is 3. The van der Waals surface area contributed by atoms with Crippen molar-refractivity contribution in [2.75, 3.05) is 19.0 Å². The molecule has 1 atom stereocenters. The van der Waals surface area contributed by atoms with Gasteiger partial charge in [0.15, 0.2) is 0 Å². The molecule has 2 aromatic rings. The molecule has 1 saturated heterocycles. The summed E-state index contributed by atoms with van der Waals surface area (Å²) in [7, 11) is 1.64. The zero-order valence-electron chi connectivity index (χ0n) is 15.7. The van der Waals surface area contributed by atoms with E-state index >= 15 is 0 Å². The van der Waals surface area contributed by atoms with Gasteiger partial charge in [-0.1, -0.05) is 6.92 Å². The van der Waals surface area contributed by atoms with E-state index in [9.17, 15) is 4.79 Å². The summed E-state index contributed by atoms with van der Waals surface area (Å²) in [4.78, 5) is 23.8. The summed E-state index contributed by atoms with van der Waals surface area (Å²) in [6.45, 7) is 4.75. The Bertz CT molecular complexity index is 761. The Hall–Kier alpha value is -2.63. The molecule has 1 amide bonds. The van der Waals surface area contributed by atoms with Crippen LogP contribution >= 0.6 is 0 Å². The van der Waals surface area contributed by atoms with Gasteiger partial charge in [0.05, 0.1) is 7.11 Å². The van der Waals surface area contributed by atoms with E-state index in [-0.39, 0.29) is 5.91 Å². The number of aromatic nitrogens is 2. The van der Waals surface area contributed by atoms with Gasteiger partial charge in [-0.15, -0.1) is 0 Å². The summed E-state index contributed by atoms with van der Waals surface area (Å²) in [5, 5.41) is 3.24. The number of benzene rings is 1. The van der Waals surface area contributed by atoms with Gasteiger partial charge in [-0.05, 0) is 56.9 Å². The third-order valence-electron chi connectivity index (χ3n) is 4.78. The number of anilines is 2. The SMILES string of the molecule is CCC1CCCCN1C(=O)c1cc(Nc2ccc(OC)cc2)nc(C)n1. The van der Waals surface area contributed by atoms with E-state index in [0.717, 1.165) is 37.2 Å². The lowest BCUT2D eigenvalue weighted by molar-refractivity contribution is 0.0601. The topological polar surface area (TPSA) is 67.4 Å². The molecule has 1 unspecified atom stereocenters. The molecule has 0 radical (unpaired) electrons. The lowest BCUT2D eigenvalue weighted by atomic mass is 9.99. The molecule has 1 aliphatic rings. The number of methoxy groups -OCH3 is 1. The smallest absolute Gasteiger partial charge is 0.272 e. The molecule has 1 aliphatic heterocycles. The maximum atomic E-state index is 13.0. The normalized spacial score (nSPS) is 17.0. The number of hydrogen-bond donors (Lipinski definition) is 1. The van der Waals surface area contributed by atoms with Crippen molar-refractivity contribution in [3.05, 3.63) is 41.9 Å². The number of carbonyl (C=O) groups is 1. The second-order valence-electron chi connectivity index (χ2n) is 6.60. The zero-order chi connectivity index (χ0) is 18.5. The maximum absolute atomic E-state index is 13.0. The average molecular weight is 354 g/mol. The molecular formula is C20H26N4O2. The molecule has 1 aromatic carbocycles. The van der Waals surface area contributed by atoms with Crippen LogP contribution in [0.4, 0.5) is 11.5 Å². The number of likely N-dealkylation sites (tertiary alicyclic amines) is 1. The van der Waals surface area contributed by atoms with Gasteiger partial charge in [0.25, 0.3) is 5.91 Å². The number of carbonyl (C=O) groups excluding carboxylic acids is 1. The zero-order valence-corrected chi connectivity index (χ0v) is 15.7. The van der Waals surface area contributed by atoms with E-state index in [4.69, 9.17) is 4.74 Å². The molecule has 1 fully saturated rings. The van der Waals surface area contributed by atoms with Crippen molar-refractivity contribution in [1.82, 2.24) is 14.9 Å². The van der Waals surface area contributed by atoms with Gasteiger partial charge >= 0.3 is 0 Å². The van der Waals surface area contributed by atoms with E-state index in [2.05, 4.69) is 22.2 Å². The first kappa shape index (κ1) is 18.2. The first-order valence-corrected chi connectivity index (χ1v) is 9.18. The van der Waals surface area contributed by atoms with Crippen LogP contribution in [0.15, 0.2) is 30.3 Å². The van der Waals surface area contributed by atoms with Crippen LogP contribution < -0.4 is 10.1 Å². The van der Waals surface area contributed by atoms with Crippen molar-refractivity contribution in [2.24, 2.45) is 0 Å². The van der Waals surface area contributed by atoms with E-state index < -0.39 is 0 Å². The van der Waals surface area contributed by atoms with Gasteiger partial charge < -0.3 is 15.0 Å². The average Bonchev–Trinajstić information content (AvgIpc) is 2.67. The molecule has 6 nitrogen and oxygen atoms in total. The highest BCUT2D eigenvalue weighted by Crippen LogP contribution is 2.23. The molecule has 6 heteroatoms. The summed E-state index contributed by atoms with van der Waals surface area (Å²) in [5.41, 5.74) is 1.33. The van der Waals surface area contributed by atoms with Crippen molar-refractivity contribution in [3.63, 3.8) is 0 Å². The Kier molecular flexibility index (Phi) is 5.71. The van der Waals surface area contributed by atoms with E-state index in [1.54, 1.807) is 13.2 Å². The molecule has 1 aromatic heterocycles. The maximum Gasteiger partial charge on any atom is 0.272 e. The molecule has 3 rings (SSSR count). The van der Waals surface area contributed by atoms with Crippen LogP contribution in [0.25, 0.3) is 0 Å². The third-order valence-corrected chi connectivity index (χ3v) is 4.78. The van der Waals surface area contributed by atoms with Crippen LogP contribution in [0.3, 0.4) is 0 Å². The number of amides is 1. The fourth-order valence-electron chi connectivity index (χ4n) is 3.40. The van der Waals surface area contributed by atoms with Crippen molar-refractivity contribution in [2.45, 2.75) is 45.6 Å². The molecule has 138 valence electrons. The minimum absolute atomic E-state index is 0.000157. The van der Waals surface area contributed by atoms with E-state index in [1.807, 2.05) is 36.1 Å². The van der Waals surface area contributed by atoms with Crippen LogP contribution in [-0.2, 0) is 0 Å². The Morgan fingerprint density at radius 1 is 1.27 bits per heavy atom. The first-order valence-electron chi connectivity index (χ1n) is 9.18. The fraction of sp³-hybridized carbons (Fsp3) is 0.450. The fourth-order valence-corrected chi connectivity index (χ4v) is 3.40. The van der Waals surface area contributed by atoms with E-state index in [1.165, 1.54) is 6.42 Å². The molecule has 1 N–H and O–H groups in total. The Morgan fingerprint density at radius 3 is 2.73 bits per heavy atom. The quantitative estimate of drug-likeness (QED) is 0.881. The lowest BCUT2D eigenvalue weighted by Gasteiger charge is -2.35. The van der Waals surface area contributed by atoms with E-state index in [0.29, 0.717) is 23.4 Å². The highest BCUT2D eigenvalue weighted by molar-refractivity contribution is 5.93. The Morgan fingerprint density at radius 2 is 2.04 bits per heavy atom. The third kappa shape index (κ3) is 4.12. The highest BCUT2D eigenvalue weighted by Gasteiger charge is 2.27. The largest absolute Gasteiger partial charge is 0.497 e. The van der Waals surface area contributed by atoms with Gasteiger partial charge in [0.2, 0.25) is 0 Å². The summed E-state index contributed by atoms with van der Waals surface area (Å²) in [5.74, 6) is 1.99. The van der Waals surface area contributed by atoms with Crippen LogP contribution in [-0.4, -0.2) is 40.5 Å². The number of aryl methyl sites for hydroxylation is 1. The Labute approximate surface area is 154 Å². The molecule has 2 heterocycles. The lowest BCUT2D eigenvalue weighted by Crippen LogP contribution is -2.43. The van der Waals surface area contributed by atoms with Crippen LogP contribution in [0.1, 0.15) is 48.9 Å². The number of piperidine rings is 1. The first-order chi connectivity index (χ1) is 12.6. The minimum atomic E-state index is -0.000157. The van der Waals surface area contributed by atoms with Crippen molar-refractivity contribution >= 4 is 17.4 Å². The molecule has 26 heavy (non-hydrogen) atoms. The van der Waals surface area contributed by atoms with Crippen molar-refractivity contribution in [3.8, 4) is 5.75 Å². The van der Waals surface area contributed by atoms with Gasteiger partial charge in [-0.25, -0.2) is 9.97 Å². The minimum Gasteiger partial charge on any atom is -0.497 e. The summed E-state index contributed by atoms with van der Waals surface area (Å²) >= 11 is 0. The molecule has 0 spiro atoms. The Balaban J connectivity index is 1.81. The summed E-state index contributed by atoms with van der Waals surface area (Å²) < 4.78 is 5.17. The van der Waals surface area contributed by atoms with Crippen LogP contribution in [0.5, 0.6) is 5.75 Å². The van der Waals surface area contributed by atoms with Crippen LogP contribution in [0, 0.1) is 6.92 Å². The predicted molar refractivity (Wildman–Crippen MR) is 102 cm³/mol. The second-order valence-corrected chi connectivity index (χ2v) is 6.60. The summed E-state index contributed by atoms with van der Waals surface area (Å²) in [6.07, 6.45) is 4.30. The van der Waals surface area contributed by atoms with Gasteiger partial charge in [-0.2, -0.15) is 0 Å². The predicted octanol–water partition coefficient (Wildman–Crippen LogP) is 3.94. The summed E-state index contributed by atoms with van der Waals surface area (Å²) in [6, 6.07) is 9.63. The number of hydrogen-bond acceptors (Lipinski definition) is 5. The van der Waals surface area contributed by atoms with Crippen molar-refractivity contribution in [1.29, 1.82) is 0 Å². The highest BCUT2D eigenvalue weighted by atomic mass is 16.5. The number of rotatable bonds is 5. The second kappa shape index (κ2) is 8.17. The van der Waals surface area contributed by atoms with Gasteiger partial charge in [0.1, 0.15) is 23.1 Å².